The third kappa shape index (κ3) is 8.51. The first kappa shape index (κ1) is 41.0. The van der Waals surface area contributed by atoms with E-state index >= 15 is 0 Å². The summed E-state index contributed by atoms with van der Waals surface area (Å²) in [6, 6.07) is 18.8. The van der Waals surface area contributed by atoms with Crippen LogP contribution in [0.1, 0.15) is 57.2 Å². The Morgan fingerprint density at radius 1 is 0.857 bits per heavy atom. The Morgan fingerprint density at radius 2 is 1.36 bits per heavy atom. The number of aryl methyl sites for hydroxylation is 2. The smallest absolute Gasteiger partial charge is 0.405 e. The van der Waals surface area contributed by atoms with Crippen molar-refractivity contribution in [1.82, 2.24) is 19.1 Å². The number of phosphoric acid groups is 1. The maximum absolute atomic E-state index is 13.7. The van der Waals surface area contributed by atoms with Crippen molar-refractivity contribution in [3.05, 3.63) is 136 Å². The van der Waals surface area contributed by atoms with Crippen LogP contribution in [0.15, 0.2) is 97.3 Å². The van der Waals surface area contributed by atoms with Crippen molar-refractivity contribution in [3.63, 3.8) is 0 Å². The van der Waals surface area contributed by atoms with Gasteiger partial charge in [0.15, 0.2) is 0 Å². The molecule has 56 heavy (non-hydrogen) atoms. The number of rotatable bonds is 13. The lowest BCUT2D eigenvalue weighted by Gasteiger charge is -2.43. The Bertz CT molecular complexity index is 2340. The van der Waals surface area contributed by atoms with Crippen LogP contribution >= 0.6 is 7.82 Å². The van der Waals surface area contributed by atoms with Gasteiger partial charge < -0.3 is 18.8 Å². The number of ether oxygens (including phenoxy) is 2. The van der Waals surface area contributed by atoms with Gasteiger partial charge >= 0.3 is 19.2 Å². The molecule has 0 amide bonds. The molecule has 0 aliphatic carbocycles. The van der Waals surface area contributed by atoms with E-state index in [1.807, 2.05) is 60.7 Å². The normalized spacial score (nSPS) is 23.8. The summed E-state index contributed by atoms with van der Waals surface area (Å²) in [5.41, 5.74) is 7.08. The lowest BCUT2D eigenvalue weighted by molar-refractivity contribution is -0.0489. The molecule has 0 bridgehead atoms. The van der Waals surface area contributed by atoms with E-state index in [2.05, 4.69) is 40.8 Å². The molecule has 0 saturated carbocycles. The lowest BCUT2D eigenvalue weighted by Crippen LogP contribution is -2.67. The van der Waals surface area contributed by atoms with Gasteiger partial charge in [-0.3, -0.25) is 37.7 Å². The number of aromatic amines is 2. The third-order valence-corrected chi connectivity index (χ3v) is 16.1. The van der Waals surface area contributed by atoms with Crippen LogP contribution < -0.4 is 32.9 Å². The Balaban J connectivity index is 1.27. The van der Waals surface area contributed by atoms with Crippen molar-refractivity contribution < 1.29 is 32.4 Å². The number of phosphoric ester groups is 1. The minimum atomic E-state index is -4.95. The molecule has 6 rings (SSSR count). The molecule has 2 fully saturated rings. The van der Waals surface area contributed by atoms with Gasteiger partial charge in [-0.15, -0.1) is 0 Å². The molecule has 2 aromatic heterocycles. The summed E-state index contributed by atoms with van der Waals surface area (Å²) < 4.78 is 46.6. The number of H-pyrrole nitrogens is 2. The average Bonchev–Trinajstić information content (AvgIpc) is 3.74. The van der Waals surface area contributed by atoms with Crippen LogP contribution in [0.5, 0.6) is 0 Å². The van der Waals surface area contributed by atoms with Gasteiger partial charge in [0.25, 0.3) is 19.4 Å². The van der Waals surface area contributed by atoms with Crippen molar-refractivity contribution in [2.45, 2.75) is 89.3 Å². The number of aromatic nitrogens is 4. The molecule has 7 atom stereocenters. The number of nitrogens with one attached hydrogen (secondary N) is 2. The fraction of sp³-hybridized carbons (Fsp3) is 0.444. The third-order valence-electron chi connectivity index (χ3n) is 10.0. The first-order valence-corrected chi connectivity index (χ1v) is 21.3. The van der Waals surface area contributed by atoms with Crippen LogP contribution in [0.2, 0.25) is 5.04 Å². The maximum Gasteiger partial charge on any atom is 0.472 e. The van der Waals surface area contributed by atoms with Crippen LogP contribution in [-0.4, -0.2) is 69.9 Å². The fourth-order valence-corrected chi connectivity index (χ4v) is 12.8. The predicted octanol–water partition coefficient (Wildman–Crippen LogP) is 3.04. The van der Waals surface area contributed by atoms with E-state index in [0.717, 1.165) is 14.9 Å². The fourth-order valence-electron chi connectivity index (χ4n) is 7.29. The van der Waals surface area contributed by atoms with Crippen LogP contribution in [0.4, 0.5) is 0 Å². The summed E-state index contributed by atoms with van der Waals surface area (Å²) in [7, 11) is -8.10. The Labute approximate surface area is 321 Å². The molecule has 298 valence electrons. The molecule has 1 unspecified atom stereocenters. The van der Waals surface area contributed by atoms with Gasteiger partial charge in [-0.2, -0.15) is 0 Å². The van der Waals surface area contributed by atoms with Gasteiger partial charge in [0, 0.05) is 41.3 Å². The second-order valence-electron chi connectivity index (χ2n) is 14.8. The van der Waals surface area contributed by atoms with Crippen LogP contribution in [0.25, 0.3) is 10.4 Å². The van der Waals surface area contributed by atoms with Crippen LogP contribution in [0, 0.1) is 13.8 Å². The second-order valence-corrected chi connectivity index (χ2v) is 20.6. The summed E-state index contributed by atoms with van der Waals surface area (Å²) in [4.78, 5) is 68.0. The molecular formula is C36H44N7O11PSi. The van der Waals surface area contributed by atoms with Gasteiger partial charge in [0.05, 0.1) is 25.4 Å². The van der Waals surface area contributed by atoms with E-state index in [1.54, 1.807) is 0 Å². The molecule has 3 N–H and O–H groups in total. The molecule has 2 aliphatic rings. The topological polar surface area (TPSA) is 242 Å². The molecule has 20 heteroatoms. The van der Waals surface area contributed by atoms with Gasteiger partial charge in [0.1, 0.15) is 24.7 Å². The largest absolute Gasteiger partial charge is 0.472 e. The zero-order valence-electron chi connectivity index (χ0n) is 31.4. The summed E-state index contributed by atoms with van der Waals surface area (Å²) in [5, 5.41) is 5.28. The van der Waals surface area contributed by atoms with Gasteiger partial charge in [-0.1, -0.05) is 86.5 Å². The van der Waals surface area contributed by atoms with E-state index in [4.69, 9.17) is 22.9 Å². The quantitative estimate of drug-likeness (QED) is 0.0583. The minimum absolute atomic E-state index is 0.00715. The summed E-state index contributed by atoms with van der Waals surface area (Å²) in [6.07, 6.45) is -2.70. The van der Waals surface area contributed by atoms with E-state index < -0.39 is 87.1 Å². The number of benzene rings is 2. The predicted molar refractivity (Wildman–Crippen MR) is 206 cm³/mol. The average molecular weight is 810 g/mol. The van der Waals surface area contributed by atoms with Crippen molar-refractivity contribution in [3.8, 4) is 0 Å². The van der Waals surface area contributed by atoms with Crippen molar-refractivity contribution >= 4 is 26.5 Å². The summed E-state index contributed by atoms with van der Waals surface area (Å²) in [5.74, 6) is 0. The van der Waals surface area contributed by atoms with E-state index in [0.29, 0.717) is 0 Å². The SMILES string of the molecule is Cc1cn([C@H]2C[C@H](N=[N+]=[N-])[C@@H](COP(=O)(O)O[C@H]3C[C@H](n4cc(C)c(=O)[nH]c4=O)O[C@@H]3CO[Si](c3ccccc3)(c3ccccc3)C(C)(C)C)O2)c(=O)[nH]c1=O. The van der Waals surface area contributed by atoms with Crippen molar-refractivity contribution in [2.75, 3.05) is 13.2 Å². The molecule has 4 aromatic rings. The van der Waals surface area contributed by atoms with Gasteiger partial charge in [-0.05, 0) is 34.8 Å². The highest BCUT2D eigenvalue weighted by molar-refractivity contribution is 7.47. The van der Waals surface area contributed by atoms with Gasteiger partial charge in [0.2, 0.25) is 0 Å². The van der Waals surface area contributed by atoms with E-state index in [1.165, 1.54) is 30.8 Å². The standard InChI is InChI=1S/C36H44N7O11PSi/c1-22-18-42(34(46)38-32(22)44)30-16-26(40-41-37)28(52-30)20-50-55(48,49)54-27-17-31(43-19-23(2)33(45)39-35(43)47)53-29(27)21-51-56(36(3,4)5,24-12-8-6-9-13-24)25-14-10-7-11-15-25/h6-15,18-19,26-31H,16-17,20-21H2,1-5H3,(H,48,49)(H,38,44,46)(H,39,45,47)/t26-,27-,28+,29+,30+,31+/m0/s1. The Morgan fingerprint density at radius 3 is 1.86 bits per heavy atom. The zero-order chi connectivity index (χ0) is 40.4. The van der Waals surface area contributed by atoms with Crippen molar-refractivity contribution in [2.24, 2.45) is 5.11 Å². The highest BCUT2D eigenvalue weighted by atomic mass is 31.2. The first-order valence-electron chi connectivity index (χ1n) is 17.9. The second kappa shape index (κ2) is 16.4. The number of hydrogen-bond donors (Lipinski definition) is 3. The minimum Gasteiger partial charge on any atom is -0.405 e. The Hall–Kier alpha value is -4.68. The zero-order valence-corrected chi connectivity index (χ0v) is 33.3. The number of azide groups is 1. The molecule has 0 spiro atoms. The number of hydrogen-bond acceptors (Lipinski definition) is 11. The maximum atomic E-state index is 13.7. The van der Waals surface area contributed by atoms with Crippen LogP contribution in [-0.2, 0) is 27.5 Å². The highest BCUT2D eigenvalue weighted by Gasteiger charge is 2.52. The molecule has 2 saturated heterocycles. The summed E-state index contributed by atoms with van der Waals surface area (Å²) >= 11 is 0. The monoisotopic (exact) mass is 809 g/mol. The Kier molecular flexibility index (Phi) is 12.0. The van der Waals surface area contributed by atoms with Crippen molar-refractivity contribution in [1.29, 1.82) is 0 Å². The summed E-state index contributed by atoms with van der Waals surface area (Å²) in [6.45, 7) is 8.63. The molecule has 18 nitrogen and oxygen atoms in total. The molecule has 4 heterocycles. The molecular weight excluding hydrogens is 765 g/mol. The molecule has 0 radical (unpaired) electrons. The molecule has 2 aliphatic heterocycles. The van der Waals surface area contributed by atoms with E-state index in [-0.39, 0.29) is 30.6 Å². The number of nitrogens with zero attached hydrogens (tertiary/aromatic N) is 5. The van der Waals surface area contributed by atoms with Crippen LogP contribution in [0.3, 0.4) is 0 Å². The highest BCUT2D eigenvalue weighted by Crippen LogP contribution is 2.49. The first-order chi connectivity index (χ1) is 26.5. The van der Waals surface area contributed by atoms with E-state index in [9.17, 15) is 34.2 Å². The lowest BCUT2D eigenvalue weighted by atomic mass is 10.1. The van der Waals surface area contributed by atoms with Gasteiger partial charge in [-0.25, -0.2) is 14.2 Å². The molecule has 2 aromatic carbocycles.